The number of aromatic nitrogens is 3. The first kappa shape index (κ1) is 26.9. The molecule has 3 heterocycles. The van der Waals surface area contributed by atoms with E-state index >= 15 is 0 Å². The molecule has 0 aliphatic carbocycles. The molecular formula is C30H34N6O4. The fourth-order valence-electron chi connectivity index (χ4n) is 4.93. The Labute approximate surface area is 233 Å². The monoisotopic (exact) mass is 542 g/mol. The van der Waals surface area contributed by atoms with Crippen LogP contribution in [-0.4, -0.2) is 54.9 Å². The molecule has 10 heteroatoms. The highest BCUT2D eigenvalue weighted by Crippen LogP contribution is 2.40. The van der Waals surface area contributed by atoms with E-state index in [1.165, 1.54) is 0 Å². The predicted octanol–water partition coefficient (Wildman–Crippen LogP) is 4.57. The number of nitrogens with one attached hydrogen (secondary N) is 2. The second kappa shape index (κ2) is 12.4. The third-order valence-electron chi connectivity index (χ3n) is 6.96. The van der Waals surface area contributed by atoms with Crippen LogP contribution in [0.3, 0.4) is 0 Å². The first-order chi connectivity index (χ1) is 19.6. The second-order valence-electron chi connectivity index (χ2n) is 9.54. The molecule has 0 spiro atoms. The Bertz CT molecular complexity index is 1420. The maximum atomic E-state index is 13.1. The van der Waals surface area contributed by atoms with Gasteiger partial charge in [0.2, 0.25) is 17.6 Å². The average Bonchev–Trinajstić information content (AvgIpc) is 3.55. The number of methoxy groups -OCH3 is 3. The molecular weight excluding hydrogens is 508 g/mol. The van der Waals surface area contributed by atoms with Gasteiger partial charge in [-0.1, -0.05) is 12.1 Å². The van der Waals surface area contributed by atoms with E-state index in [1.807, 2.05) is 42.7 Å². The van der Waals surface area contributed by atoms with Crippen molar-refractivity contribution in [2.45, 2.75) is 19.4 Å². The Morgan fingerprint density at radius 2 is 1.77 bits per heavy atom. The molecule has 1 fully saturated rings. The van der Waals surface area contributed by atoms with Crippen molar-refractivity contribution in [2.75, 3.05) is 44.6 Å². The molecule has 1 aliphatic heterocycles. The van der Waals surface area contributed by atoms with E-state index in [-0.39, 0.29) is 11.8 Å². The van der Waals surface area contributed by atoms with Gasteiger partial charge in [0, 0.05) is 61.7 Å². The van der Waals surface area contributed by atoms with Crippen molar-refractivity contribution in [3.8, 4) is 22.9 Å². The van der Waals surface area contributed by atoms with Crippen LogP contribution in [-0.2, 0) is 11.3 Å². The fourth-order valence-corrected chi connectivity index (χ4v) is 4.93. The Hall–Kier alpha value is -4.73. The standard InChI is InChI=1S/C30H34N6O4/c1-38-25-17-23(18-26(39-2)28(25)40-3)33-30-31-12-11-27(34-30)36-15-7-9-22(20-36)29(37)32-19-21-8-6-10-24(16-21)35-13-4-5-14-35/h4-6,8,10-14,16-18,22H,7,9,15,19-20H2,1-3H3,(H,32,37)(H,31,33,34). The number of piperidine rings is 1. The number of benzene rings is 2. The van der Waals surface area contributed by atoms with E-state index in [9.17, 15) is 4.79 Å². The molecule has 10 nitrogen and oxygen atoms in total. The van der Waals surface area contributed by atoms with Gasteiger partial charge in [0.15, 0.2) is 11.5 Å². The summed E-state index contributed by atoms with van der Waals surface area (Å²) in [4.78, 5) is 24.4. The Morgan fingerprint density at radius 3 is 2.50 bits per heavy atom. The van der Waals surface area contributed by atoms with Crippen molar-refractivity contribution in [1.82, 2.24) is 19.9 Å². The summed E-state index contributed by atoms with van der Waals surface area (Å²) in [6, 6.07) is 17.6. The normalized spacial score (nSPS) is 14.9. The molecule has 4 aromatic rings. The van der Waals surface area contributed by atoms with E-state index < -0.39 is 0 Å². The maximum Gasteiger partial charge on any atom is 0.229 e. The number of ether oxygens (including phenoxy) is 3. The number of amides is 1. The summed E-state index contributed by atoms with van der Waals surface area (Å²) in [5, 5.41) is 6.36. The molecule has 0 saturated carbocycles. The van der Waals surface area contributed by atoms with E-state index in [2.05, 4.69) is 37.2 Å². The first-order valence-electron chi connectivity index (χ1n) is 13.2. The number of carbonyl (C=O) groups excluding carboxylic acids is 1. The minimum absolute atomic E-state index is 0.0564. The van der Waals surface area contributed by atoms with Gasteiger partial charge in [-0.15, -0.1) is 0 Å². The van der Waals surface area contributed by atoms with Crippen molar-refractivity contribution >= 4 is 23.4 Å². The molecule has 40 heavy (non-hydrogen) atoms. The fraction of sp³-hybridized carbons (Fsp3) is 0.300. The van der Waals surface area contributed by atoms with Crippen LogP contribution in [0.15, 0.2) is 73.2 Å². The molecule has 1 amide bonds. The van der Waals surface area contributed by atoms with Crippen molar-refractivity contribution in [3.63, 3.8) is 0 Å². The van der Waals surface area contributed by atoms with Gasteiger partial charge in [-0.25, -0.2) is 4.98 Å². The van der Waals surface area contributed by atoms with Gasteiger partial charge in [-0.2, -0.15) is 4.98 Å². The molecule has 1 saturated heterocycles. The number of nitrogens with zero attached hydrogens (tertiary/aromatic N) is 4. The summed E-state index contributed by atoms with van der Waals surface area (Å²) in [6.45, 7) is 1.90. The zero-order chi connectivity index (χ0) is 27.9. The quantitative estimate of drug-likeness (QED) is 0.301. The lowest BCUT2D eigenvalue weighted by Crippen LogP contribution is -2.43. The number of carbonyl (C=O) groups is 1. The molecule has 1 unspecified atom stereocenters. The zero-order valence-corrected chi connectivity index (χ0v) is 23.0. The van der Waals surface area contributed by atoms with Gasteiger partial charge in [-0.05, 0) is 48.7 Å². The van der Waals surface area contributed by atoms with Gasteiger partial charge >= 0.3 is 0 Å². The molecule has 1 aliphatic rings. The van der Waals surface area contributed by atoms with Gasteiger partial charge in [-0.3, -0.25) is 4.79 Å². The minimum atomic E-state index is -0.122. The van der Waals surface area contributed by atoms with Crippen LogP contribution in [0.4, 0.5) is 17.5 Å². The van der Waals surface area contributed by atoms with Crippen LogP contribution in [0.2, 0.25) is 0 Å². The molecule has 1 atom stereocenters. The van der Waals surface area contributed by atoms with Crippen LogP contribution in [0, 0.1) is 5.92 Å². The summed E-state index contributed by atoms with van der Waals surface area (Å²) in [7, 11) is 4.71. The molecule has 5 rings (SSSR count). The van der Waals surface area contributed by atoms with Crippen LogP contribution in [0.1, 0.15) is 18.4 Å². The molecule has 2 aromatic heterocycles. The third kappa shape index (κ3) is 6.12. The van der Waals surface area contributed by atoms with E-state index in [4.69, 9.17) is 19.2 Å². The number of hydrogen-bond acceptors (Lipinski definition) is 8. The Morgan fingerprint density at radius 1 is 1.00 bits per heavy atom. The van der Waals surface area contributed by atoms with Crippen LogP contribution in [0.5, 0.6) is 17.2 Å². The second-order valence-corrected chi connectivity index (χ2v) is 9.54. The number of hydrogen-bond donors (Lipinski definition) is 2. The van der Waals surface area contributed by atoms with Crippen molar-refractivity contribution in [3.05, 3.63) is 78.8 Å². The highest BCUT2D eigenvalue weighted by atomic mass is 16.5. The van der Waals surface area contributed by atoms with Crippen molar-refractivity contribution < 1.29 is 19.0 Å². The van der Waals surface area contributed by atoms with Gasteiger partial charge in [0.05, 0.1) is 27.2 Å². The van der Waals surface area contributed by atoms with E-state index in [1.54, 1.807) is 39.7 Å². The van der Waals surface area contributed by atoms with E-state index in [0.29, 0.717) is 42.0 Å². The largest absolute Gasteiger partial charge is 0.493 e. The lowest BCUT2D eigenvalue weighted by Gasteiger charge is -2.33. The number of anilines is 3. The average molecular weight is 543 g/mol. The Kier molecular flexibility index (Phi) is 8.34. The molecule has 208 valence electrons. The summed E-state index contributed by atoms with van der Waals surface area (Å²) in [6.07, 6.45) is 7.47. The van der Waals surface area contributed by atoms with E-state index in [0.717, 1.165) is 36.5 Å². The Balaban J connectivity index is 1.22. The smallest absolute Gasteiger partial charge is 0.229 e. The lowest BCUT2D eigenvalue weighted by atomic mass is 9.97. The summed E-state index contributed by atoms with van der Waals surface area (Å²) >= 11 is 0. The molecule has 0 radical (unpaired) electrons. The summed E-state index contributed by atoms with van der Waals surface area (Å²) in [5.74, 6) is 2.70. The summed E-state index contributed by atoms with van der Waals surface area (Å²) in [5.41, 5.74) is 2.83. The van der Waals surface area contributed by atoms with Crippen molar-refractivity contribution in [1.29, 1.82) is 0 Å². The SMILES string of the molecule is COc1cc(Nc2nccc(N3CCCC(C(=O)NCc4cccc(-n5cccc5)c4)C3)n2)cc(OC)c1OC. The lowest BCUT2D eigenvalue weighted by molar-refractivity contribution is -0.125. The van der Waals surface area contributed by atoms with Gasteiger partial charge < -0.3 is 34.3 Å². The predicted molar refractivity (Wildman–Crippen MR) is 154 cm³/mol. The van der Waals surface area contributed by atoms with Gasteiger partial charge in [0.25, 0.3) is 0 Å². The first-order valence-corrected chi connectivity index (χ1v) is 13.2. The number of rotatable bonds is 10. The molecule has 0 bridgehead atoms. The molecule has 2 aromatic carbocycles. The highest BCUT2D eigenvalue weighted by molar-refractivity contribution is 5.79. The molecule has 2 N–H and O–H groups in total. The minimum Gasteiger partial charge on any atom is -0.493 e. The maximum absolute atomic E-state index is 13.1. The highest BCUT2D eigenvalue weighted by Gasteiger charge is 2.26. The topological polar surface area (TPSA) is 103 Å². The summed E-state index contributed by atoms with van der Waals surface area (Å²) < 4.78 is 18.4. The van der Waals surface area contributed by atoms with Gasteiger partial charge in [0.1, 0.15) is 5.82 Å². The zero-order valence-electron chi connectivity index (χ0n) is 23.0. The third-order valence-corrected chi connectivity index (χ3v) is 6.96. The van der Waals surface area contributed by atoms with Crippen molar-refractivity contribution in [2.24, 2.45) is 5.92 Å². The van der Waals surface area contributed by atoms with Crippen LogP contribution in [0.25, 0.3) is 5.69 Å². The van der Waals surface area contributed by atoms with Crippen LogP contribution < -0.4 is 29.7 Å². The van der Waals surface area contributed by atoms with Crippen LogP contribution >= 0.6 is 0 Å².